The molecule has 0 radical (unpaired) electrons. The number of hydrogen-bond donors (Lipinski definition) is 0. The Balaban J connectivity index is 2.27. The van der Waals surface area contributed by atoms with E-state index in [-0.39, 0.29) is 5.30 Å². The fourth-order valence-corrected chi connectivity index (χ4v) is 1.54. The van der Waals surface area contributed by atoms with Crippen molar-refractivity contribution in [3.8, 4) is 0 Å². The summed E-state index contributed by atoms with van der Waals surface area (Å²) in [5, 5.41) is -0.218. The predicted molar refractivity (Wildman–Crippen MR) is 58.6 cm³/mol. The fraction of sp³-hybridized carbons (Fsp3) is 0.364. The van der Waals surface area contributed by atoms with Gasteiger partial charge in [0.05, 0.1) is 6.61 Å². The smallest absolute Gasteiger partial charge is 0.372 e. The van der Waals surface area contributed by atoms with Gasteiger partial charge >= 0.3 is 5.30 Å². The van der Waals surface area contributed by atoms with Gasteiger partial charge in [-0.15, -0.1) is 0 Å². The molecule has 0 spiro atoms. The van der Waals surface area contributed by atoms with Crippen LogP contribution in [-0.4, -0.2) is 11.9 Å². The monoisotopic (exact) mass is 210 g/mol. The Kier molecular flexibility index (Phi) is 5.15. The molecule has 76 valence electrons. The van der Waals surface area contributed by atoms with Crippen LogP contribution in [0.15, 0.2) is 35.2 Å². The average Bonchev–Trinajstić information content (AvgIpc) is 2.20. The van der Waals surface area contributed by atoms with E-state index in [0.29, 0.717) is 6.61 Å². The maximum absolute atomic E-state index is 11.2. The van der Waals surface area contributed by atoms with Crippen LogP contribution in [0, 0.1) is 0 Å². The number of benzene rings is 1. The Hall–Kier alpha value is -0.960. The second-order valence-corrected chi connectivity index (χ2v) is 3.88. The van der Waals surface area contributed by atoms with Crippen molar-refractivity contribution >= 4 is 17.1 Å². The molecule has 3 heteroatoms. The van der Waals surface area contributed by atoms with Crippen molar-refractivity contribution in [3.05, 3.63) is 30.3 Å². The summed E-state index contributed by atoms with van der Waals surface area (Å²) in [5.41, 5.74) is 0. The highest BCUT2D eigenvalue weighted by molar-refractivity contribution is 8.13. The first-order chi connectivity index (χ1) is 6.83. The lowest BCUT2D eigenvalue weighted by Gasteiger charge is -2.02. The first-order valence-electron chi connectivity index (χ1n) is 4.72. The van der Waals surface area contributed by atoms with Crippen molar-refractivity contribution in [2.45, 2.75) is 24.7 Å². The minimum atomic E-state index is -0.218. The molecule has 0 atom stereocenters. The molecule has 0 N–H and O–H groups in total. The van der Waals surface area contributed by atoms with Crippen LogP contribution in [0.3, 0.4) is 0 Å². The van der Waals surface area contributed by atoms with Crippen LogP contribution < -0.4 is 0 Å². The SMILES string of the molecule is CCCCOC(=O)Sc1ccccc1. The largest absolute Gasteiger partial charge is 0.457 e. The van der Waals surface area contributed by atoms with E-state index in [0.717, 1.165) is 29.5 Å². The van der Waals surface area contributed by atoms with Crippen molar-refractivity contribution in [2.75, 3.05) is 6.61 Å². The second kappa shape index (κ2) is 6.49. The van der Waals surface area contributed by atoms with Crippen LogP contribution in [0.2, 0.25) is 0 Å². The van der Waals surface area contributed by atoms with Crippen LogP contribution in [-0.2, 0) is 4.74 Å². The molecule has 0 aliphatic carbocycles. The normalized spacial score (nSPS) is 9.79. The molecule has 0 fully saturated rings. The van der Waals surface area contributed by atoms with Gasteiger partial charge in [0.25, 0.3) is 0 Å². The Bertz CT molecular complexity index is 272. The van der Waals surface area contributed by atoms with Gasteiger partial charge in [-0.1, -0.05) is 31.5 Å². The lowest BCUT2D eigenvalue weighted by atomic mass is 10.4. The molecule has 0 heterocycles. The number of hydrogen-bond acceptors (Lipinski definition) is 3. The molecule has 1 aromatic carbocycles. The van der Waals surface area contributed by atoms with E-state index in [4.69, 9.17) is 4.74 Å². The Labute approximate surface area is 88.7 Å². The van der Waals surface area contributed by atoms with E-state index in [1.165, 1.54) is 0 Å². The fourth-order valence-electron chi connectivity index (χ4n) is 0.914. The van der Waals surface area contributed by atoms with Gasteiger partial charge < -0.3 is 4.74 Å². The van der Waals surface area contributed by atoms with Crippen molar-refractivity contribution < 1.29 is 9.53 Å². The summed E-state index contributed by atoms with van der Waals surface area (Å²) in [6.07, 6.45) is 1.98. The number of rotatable bonds is 4. The summed E-state index contributed by atoms with van der Waals surface area (Å²) in [4.78, 5) is 12.2. The molecule has 0 saturated heterocycles. The first kappa shape index (κ1) is 11.1. The summed E-state index contributed by atoms with van der Waals surface area (Å²) in [6, 6.07) is 9.52. The Morgan fingerprint density at radius 3 is 2.71 bits per heavy atom. The van der Waals surface area contributed by atoms with Crippen molar-refractivity contribution in [1.82, 2.24) is 0 Å². The van der Waals surface area contributed by atoms with Gasteiger partial charge in [0.2, 0.25) is 0 Å². The second-order valence-electron chi connectivity index (χ2n) is 2.87. The van der Waals surface area contributed by atoms with E-state index < -0.39 is 0 Å². The van der Waals surface area contributed by atoms with Gasteiger partial charge in [0.15, 0.2) is 0 Å². The summed E-state index contributed by atoms with van der Waals surface area (Å²) in [7, 11) is 0. The molecule has 0 aromatic heterocycles. The van der Waals surface area contributed by atoms with Gasteiger partial charge in [-0.05, 0) is 30.3 Å². The third-order valence-electron chi connectivity index (χ3n) is 1.66. The maximum atomic E-state index is 11.2. The van der Waals surface area contributed by atoms with Crippen LogP contribution in [0.4, 0.5) is 4.79 Å². The van der Waals surface area contributed by atoms with Crippen molar-refractivity contribution in [1.29, 1.82) is 0 Å². The highest BCUT2D eigenvalue weighted by atomic mass is 32.2. The number of thioether (sulfide) groups is 1. The lowest BCUT2D eigenvalue weighted by molar-refractivity contribution is 0.173. The number of ether oxygens (including phenoxy) is 1. The summed E-state index contributed by atoms with van der Waals surface area (Å²) < 4.78 is 5.01. The zero-order valence-electron chi connectivity index (χ0n) is 8.23. The zero-order chi connectivity index (χ0) is 10.2. The molecule has 1 rings (SSSR count). The van der Waals surface area contributed by atoms with E-state index >= 15 is 0 Å². The Morgan fingerprint density at radius 2 is 2.07 bits per heavy atom. The van der Waals surface area contributed by atoms with E-state index in [9.17, 15) is 4.79 Å². The molecule has 0 bridgehead atoms. The molecule has 0 aliphatic heterocycles. The summed E-state index contributed by atoms with van der Waals surface area (Å²) in [6.45, 7) is 2.59. The third-order valence-corrected chi connectivity index (χ3v) is 2.45. The lowest BCUT2D eigenvalue weighted by Crippen LogP contribution is -1.98. The molecule has 0 saturated carbocycles. The number of unbranched alkanes of at least 4 members (excludes halogenated alkanes) is 1. The first-order valence-corrected chi connectivity index (χ1v) is 5.54. The molecular formula is C11H14O2S. The van der Waals surface area contributed by atoms with Crippen LogP contribution in [0.1, 0.15) is 19.8 Å². The Morgan fingerprint density at radius 1 is 1.36 bits per heavy atom. The molecule has 0 amide bonds. The minimum Gasteiger partial charge on any atom is -0.457 e. The molecule has 2 nitrogen and oxygen atoms in total. The van der Waals surface area contributed by atoms with E-state index in [1.54, 1.807) is 0 Å². The average molecular weight is 210 g/mol. The quantitative estimate of drug-likeness (QED) is 0.430. The van der Waals surface area contributed by atoms with Crippen LogP contribution >= 0.6 is 11.8 Å². The predicted octanol–water partition coefficient (Wildman–Crippen LogP) is 3.72. The van der Waals surface area contributed by atoms with E-state index in [2.05, 4.69) is 6.92 Å². The number of carbonyl (C=O) groups excluding carboxylic acids is 1. The van der Waals surface area contributed by atoms with Gasteiger partial charge in [-0.25, -0.2) is 4.79 Å². The third kappa shape index (κ3) is 4.33. The van der Waals surface area contributed by atoms with Gasteiger partial charge in [0, 0.05) is 4.90 Å². The molecule has 0 unspecified atom stereocenters. The minimum absolute atomic E-state index is 0.218. The van der Waals surface area contributed by atoms with Crippen molar-refractivity contribution in [2.24, 2.45) is 0 Å². The van der Waals surface area contributed by atoms with Crippen LogP contribution in [0.25, 0.3) is 0 Å². The maximum Gasteiger partial charge on any atom is 0.372 e. The van der Waals surface area contributed by atoms with Crippen molar-refractivity contribution in [3.63, 3.8) is 0 Å². The molecule has 0 aliphatic rings. The van der Waals surface area contributed by atoms with Gasteiger partial charge in [-0.3, -0.25) is 0 Å². The standard InChI is InChI=1S/C11H14O2S/c1-2-3-9-13-11(12)14-10-7-5-4-6-8-10/h4-8H,2-3,9H2,1H3. The topological polar surface area (TPSA) is 26.3 Å². The van der Waals surface area contributed by atoms with Gasteiger partial charge in [-0.2, -0.15) is 0 Å². The zero-order valence-corrected chi connectivity index (χ0v) is 9.05. The summed E-state index contributed by atoms with van der Waals surface area (Å²) in [5.74, 6) is 0. The highest BCUT2D eigenvalue weighted by Gasteiger charge is 2.04. The van der Waals surface area contributed by atoms with E-state index in [1.807, 2.05) is 30.3 Å². The highest BCUT2D eigenvalue weighted by Crippen LogP contribution is 2.19. The molecule has 1 aromatic rings. The molecular weight excluding hydrogens is 196 g/mol. The van der Waals surface area contributed by atoms with Gasteiger partial charge in [0.1, 0.15) is 0 Å². The number of carbonyl (C=O) groups is 1. The van der Waals surface area contributed by atoms with Crippen LogP contribution in [0.5, 0.6) is 0 Å². The molecule has 14 heavy (non-hydrogen) atoms. The summed E-state index contributed by atoms with van der Waals surface area (Å²) >= 11 is 1.13.